The second-order valence-electron chi connectivity index (χ2n) is 4.93. The largest absolute Gasteiger partial charge is 0.292 e. The Bertz CT molecular complexity index is 565. The van der Waals surface area contributed by atoms with E-state index in [0.717, 1.165) is 24.2 Å². The molecule has 1 aromatic carbocycles. The lowest BCUT2D eigenvalue weighted by molar-refractivity contribution is 0.0839. The zero-order chi connectivity index (χ0) is 14.5. The molecule has 4 heteroatoms. The van der Waals surface area contributed by atoms with E-state index >= 15 is 0 Å². The van der Waals surface area contributed by atoms with Crippen molar-refractivity contribution in [2.45, 2.75) is 32.9 Å². The summed E-state index contributed by atoms with van der Waals surface area (Å²) in [7, 11) is 2.01. The van der Waals surface area contributed by atoms with Crippen molar-refractivity contribution < 1.29 is 4.79 Å². The van der Waals surface area contributed by atoms with Gasteiger partial charge < -0.3 is 0 Å². The van der Waals surface area contributed by atoms with Crippen molar-refractivity contribution in [3.63, 3.8) is 0 Å². The summed E-state index contributed by atoms with van der Waals surface area (Å²) < 4.78 is 0. The maximum atomic E-state index is 12.6. The Kier molecular flexibility index (Phi) is 5.04. The summed E-state index contributed by atoms with van der Waals surface area (Å²) in [5.74, 6) is 0.192. The quantitative estimate of drug-likeness (QED) is 0.762. The first-order chi connectivity index (χ1) is 9.63. The molecule has 1 heterocycles. The number of nitrogens with zero attached hydrogens (tertiary/aromatic N) is 2. The zero-order valence-corrected chi connectivity index (χ0v) is 13.0. The van der Waals surface area contributed by atoms with Gasteiger partial charge in [-0.2, -0.15) is 0 Å². The predicted octanol–water partition coefficient (Wildman–Crippen LogP) is 3.54. The van der Waals surface area contributed by atoms with Gasteiger partial charge in [0.25, 0.3) is 0 Å². The fourth-order valence-electron chi connectivity index (χ4n) is 2.31. The number of aryl methyl sites for hydroxylation is 1. The van der Waals surface area contributed by atoms with Crippen LogP contribution in [0.2, 0.25) is 0 Å². The van der Waals surface area contributed by atoms with Gasteiger partial charge in [0.15, 0.2) is 5.78 Å². The Balaban J connectivity index is 2.11. The van der Waals surface area contributed by atoms with Crippen molar-refractivity contribution in [3.05, 3.63) is 52.0 Å². The smallest absolute Gasteiger partial charge is 0.179 e. The van der Waals surface area contributed by atoms with Crippen molar-refractivity contribution in [2.24, 2.45) is 0 Å². The molecular weight excluding hydrogens is 268 g/mol. The van der Waals surface area contributed by atoms with Gasteiger partial charge in [-0.3, -0.25) is 9.69 Å². The molecule has 2 aromatic rings. The Morgan fingerprint density at radius 2 is 2.05 bits per heavy atom. The highest BCUT2D eigenvalue weighted by Gasteiger charge is 2.23. The number of likely N-dealkylation sites (N-methyl/N-ethyl adjacent to an activating group) is 1. The molecule has 0 aliphatic rings. The monoisotopic (exact) mass is 288 g/mol. The van der Waals surface area contributed by atoms with Gasteiger partial charge in [0.2, 0.25) is 0 Å². The van der Waals surface area contributed by atoms with E-state index in [9.17, 15) is 4.79 Å². The highest BCUT2D eigenvalue weighted by Crippen LogP contribution is 2.18. The normalized spacial score (nSPS) is 12.6. The predicted molar refractivity (Wildman–Crippen MR) is 83.2 cm³/mol. The van der Waals surface area contributed by atoms with Crippen LogP contribution >= 0.6 is 11.3 Å². The SMILES string of the molecule is CCC(C(=O)c1ccccc1)N(C)Cc1scnc1C. The minimum absolute atomic E-state index is 0.0844. The molecule has 3 nitrogen and oxygen atoms in total. The van der Waals surface area contributed by atoms with Gasteiger partial charge in [0.1, 0.15) is 0 Å². The van der Waals surface area contributed by atoms with E-state index in [1.165, 1.54) is 4.88 Å². The van der Waals surface area contributed by atoms with Gasteiger partial charge in [-0.1, -0.05) is 37.3 Å². The van der Waals surface area contributed by atoms with E-state index in [1.807, 2.05) is 49.8 Å². The van der Waals surface area contributed by atoms with E-state index in [0.29, 0.717) is 0 Å². The molecular formula is C16H20N2OS. The number of carbonyl (C=O) groups is 1. The molecule has 0 fully saturated rings. The summed E-state index contributed by atoms with van der Waals surface area (Å²) in [6.07, 6.45) is 0.808. The number of hydrogen-bond acceptors (Lipinski definition) is 4. The molecule has 1 unspecified atom stereocenters. The fraction of sp³-hybridized carbons (Fsp3) is 0.375. The molecule has 0 spiro atoms. The molecule has 0 saturated heterocycles. The van der Waals surface area contributed by atoms with Crippen molar-refractivity contribution in [1.82, 2.24) is 9.88 Å². The summed E-state index contributed by atoms with van der Waals surface area (Å²) in [6.45, 7) is 4.84. The highest BCUT2D eigenvalue weighted by molar-refractivity contribution is 7.09. The highest BCUT2D eigenvalue weighted by atomic mass is 32.1. The van der Waals surface area contributed by atoms with Crippen LogP contribution in [0.4, 0.5) is 0 Å². The summed E-state index contributed by atoms with van der Waals surface area (Å²) in [5, 5.41) is 0. The maximum Gasteiger partial charge on any atom is 0.179 e. The van der Waals surface area contributed by atoms with Crippen molar-refractivity contribution in [1.29, 1.82) is 0 Å². The topological polar surface area (TPSA) is 33.2 Å². The number of hydrogen-bond donors (Lipinski definition) is 0. The lowest BCUT2D eigenvalue weighted by Crippen LogP contribution is -2.37. The van der Waals surface area contributed by atoms with Gasteiger partial charge in [0.05, 0.1) is 17.2 Å². The van der Waals surface area contributed by atoms with Crippen LogP contribution < -0.4 is 0 Å². The molecule has 1 atom stereocenters. The number of aromatic nitrogens is 1. The second kappa shape index (κ2) is 6.77. The first-order valence-electron chi connectivity index (χ1n) is 6.82. The summed E-state index contributed by atoms with van der Waals surface area (Å²) in [4.78, 5) is 20.2. The van der Waals surface area contributed by atoms with Gasteiger partial charge in [-0.15, -0.1) is 11.3 Å². The first-order valence-corrected chi connectivity index (χ1v) is 7.70. The number of rotatable bonds is 6. The Morgan fingerprint density at radius 1 is 1.35 bits per heavy atom. The first kappa shape index (κ1) is 14.9. The van der Waals surface area contributed by atoms with Crippen molar-refractivity contribution in [2.75, 3.05) is 7.05 Å². The average molecular weight is 288 g/mol. The third kappa shape index (κ3) is 3.32. The van der Waals surface area contributed by atoms with Crippen LogP contribution in [0, 0.1) is 6.92 Å². The van der Waals surface area contributed by atoms with E-state index < -0.39 is 0 Å². The van der Waals surface area contributed by atoms with Crippen LogP contribution in [0.3, 0.4) is 0 Å². The number of carbonyl (C=O) groups excluding carboxylic acids is 1. The van der Waals surface area contributed by atoms with Crippen LogP contribution in [-0.4, -0.2) is 28.8 Å². The Morgan fingerprint density at radius 3 is 2.60 bits per heavy atom. The van der Waals surface area contributed by atoms with E-state index in [4.69, 9.17) is 0 Å². The standard InChI is InChI=1S/C16H20N2OS/c1-4-14(16(19)13-8-6-5-7-9-13)18(3)10-15-12(2)17-11-20-15/h5-9,11,14H,4,10H2,1-3H3. The Hall–Kier alpha value is -1.52. The number of benzene rings is 1. The summed E-state index contributed by atoms with van der Waals surface area (Å²) >= 11 is 1.65. The van der Waals surface area contributed by atoms with Gasteiger partial charge in [0, 0.05) is 17.0 Å². The second-order valence-corrected chi connectivity index (χ2v) is 5.87. The van der Waals surface area contributed by atoms with Crippen molar-refractivity contribution in [3.8, 4) is 0 Å². The molecule has 0 aliphatic carbocycles. The molecule has 0 saturated carbocycles. The molecule has 0 N–H and O–H groups in total. The molecule has 0 amide bonds. The van der Waals surface area contributed by atoms with Crippen LogP contribution in [0.1, 0.15) is 34.3 Å². The van der Waals surface area contributed by atoms with Crippen molar-refractivity contribution >= 4 is 17.1 Å². The van der Waals surface area contributed by atoms with Crippen LogP contribution in [-0.2, 0) is 6.54 Å². The molecule has 0 aliphatic heterocycles. The molecule has 0 bridgehead atoms. The van der Waals surface area contributed by atoms with Gasteiger partial charge in [-0.05, 0) is 20.4 Å². The van der Waals surface area contributed by atoms with Crippen LogP contribution in [0.25, 0.3) is 0 Å². The third-order valence-electron chi connectivity index (χ3n) is 3.52. The zero-order valence-electron chi connectivity index (χ0n) is 12.2. The summed E-state index contributed by atoms with van der Waals surface area (Å²) in [6, 6.07) is 9.44. The van der Waals surface area contributed by atoms with Crippen LogP contribution in [0.5, 0.6) is 0 Å². The van der Waals surface area contributed by atoms with E-state index in [1.54, 1.807) is 11.3 Å². The number of ketones is 1. The molecule has 2 rings (SSSR count). The molecule has 1 aromatic heterocycles. The van der Waals surface area contributed by atoms with Gasteiger partial charge >= 0.3 is 0 Å². The fourth-order valence-corrected chi connectivity index (χ4v) is 3.15. The van der Waals surface area contributed by atoms with E-state index in [-0.39, 0.29) is 11.8 Å². The van der Waals surface area contributed by atoms with E-state index in [2.05, 4.69) is 16.8 Å². The minimum Gasteiger partial charge on any atom is -0.292 e. The lowest BCUT2D eigenvalue weighted by atomic mass is 10.0. The van der Waals surface area contributed by atoms with Gasteiger partial charge in [-0.25, -0.2) is 4.98 Å². The maximum absolute atomic E-state index is 12.6. The minimum atomic E-state index is -0.0844. The third-order valence-corrected chi connectivity index (χ3v) is 4.44. The molecule has 20 heavy (non-hydrogen) atoms. The number of Topliss-reactive ketones (excluding diaryl/α,β-unsaturated/α-hetero) is 1. The molecule has 106 valence electrons. The average Bonchev–Trinajstić information content (AvgIpc) is 2.86. The summed E-state index contributed by atoms with van der Waals surface area (Å²) in [5.41, 5.74) is 3.70. The lowest BCUT2D eigenvalue weighted by Gasteiger charge is -2.25. The molecule has 0 radical (unpaired) electrons. The number of thiazole rings is 1. The van der Waals surface area contributed by atoms with Crippen LogP contribution in [0.15, 0.2) is 35.8 Å². The Labute approximate surface area is 124 Å².